The van der Waals surface area contributed by atoms with Gasteiger partial charge in [0, 0.05) is 36.7 Å². The van der Waals surface area contributed by atoms with Crippen LogP contribution in [0.4, 0.5) is 28.9 Å². The number of alkyl halides is 3. The number of halogens is 4. The zero-order valence-electron chi connectivity index (χ0n) is 26.0. The lowest BCUT2D eigenvalue weighted by atomic mass is 9.76. The largest absolute Gasteiger partial charge is 0.416 e. The fraction of sp³-hybridized carbons (Fsp3) is 0.444. The molecule has 6 rings (SSSR count). The van der Waals surface area contributed by atoms with Crippen LogP contribution in [0.1, 0.15) is 77.2 Å². The number of fused-ring (bicyclic) bond motifs is 1. The van der Waals surface area contributed by atoms with Crippen molar-refractivity contribution in [2.45, 2.75) is 76.7 Å². The zero-order chi connectivity index (χ0) is 32.6. The summed E-state index contributed by atoms with van der Waals surface area (Å²) in [5.74, 6) is -2.35. The first kappa shape index (κ1) is 32.0. The van der Waals surface area contributed by atoms with Crippen molar-refractivity contribution in [3.05, 3.63) is 94.3 Å². The molecule has 0 bridgehead atoms. The SMILES string of the molecule is Cc1ccc(NC(=O)C2CC3CCCC3N(C(=O)c3c(C)cccc3F)[C@H]2c2ccc(NC3CCOCC3)cc2)cc1C(F)(F)F. The van der Waals surface area contributed by atoms with Gasteiger partial charge < -0.3 is 20.3 Å². The fourth-order valence-corrected chi connectivity index (χ4v) is 7.56. The highest BCUT2D eigenvalue weighted by atomic mass is 19.4. The molecule has 0 spiro atoms. The van der Waals surface area contributed by atoms with Crippen molar-refractivity contribution in [2.24, 2.45) is 11.8 Å². The Morgan fingerprint density at radius 1 is 0.891 bits per heavy atom. The minimum atomic E-state index is -4.57. The Morgan fingerprint density at radius 2 is 1.61 bits per heavy atom. The van der Waals surface area contributed by atoms with Crippen molar-refractivity contribution < 1.29 is 31.9 Å². The van der Waals surface area contributed by atoms with Gasteiger partial charge in [-0.3, -0.25) is 9.59 Å². The molecule has 2 amide bonds. The van der Waals surface area contributed by atoms with Crippen LogP contribution in [0.2, 0.25) is 0 Å². The van der Waals surface area contributed by atoms with Gasteiger partial charge in [0.25, 0.3) is 5.91 Å². The second-order valence-corrected chi connectivity index (χ2v) is 12.9. The number of anilines is 2. The van der Waals surface area contributed by atoms with Crippen LogP contribution in [0, 0.1) is 31.5 Å². The Balaban J connectivity index is 1.38. The Kier molecular flexibility index (Phi) is 9.10. The third-order valence-electron chi connectivity index (χ3n) is 9.88. The topological polar surface area (TPSA) is 70.7 Å². The van der Waals surface area contributed by atoms with Gasteiger partial charge in [-0.2, -0.15) is 13.2 Å². The third-order valence-corrected chi connectivity index (χ3v) is 9.88. The van der Waals surface area contributed by atoms with Crippen LogP contribution in [0.25, 0.3) is 0 Å². The van der Waals surface area contributed by atoms with E-state index in [2.05, 4.69) is 10.6 Å². The molecule has 2 saturated heterocycles. The molecule has 3 aromatic carbocycles. The van der Waals surface area contributed by atoms with Crippen molar-refractivity contribution in [1.82, 2.24) is 4.90 Å². The molecule has 2 aliphatic heterocycles. The first-order valence-electron chi connectivity index (χ1n) is 16.0. The highest BCUT2D eigenvalue weighted by Gasteiger charge is 2.50. The molecule has 4 atom stereocenters. The van der Waals surface area contributed by atoms with Gasteiger partial charge >= 0.3 is 6.18 Å². The summed E-state index contributed by atoms with van der Waals surface area (Å²) in [6.07, 6.45) is 0.0437. The van der Waals surface area contributed by atoms with Gasteiger partial charge in [0.15, 0.2) is 0 Å². The van der Waals surface area contributed by atoms with Gasteiger partial charge in [0.2, 0.25) is 5.91 Å². The van der Waals surface area contributed by atoms with Crippen LogP contribution in [0.5, 0.6) is 0 Å². The Hall–Kier alpha value is -3.92. The molecular formula is C36H39F4N3O3. The zero-order valence-corrected chi connectivity index (χ0v) is 26.0. The second-order valence-electron chi connectivity index (χ2n) is 12.9. The van der Waals surface area contributed by atoms with E-state index < -0.39 is 41.3 Å². The summed E-state index contributed by atoms with van der Waals surface area (Å²) >= 11 is 0. The maximum atomic E-state index is 15.3. The predicted molar refractivity (Wildman–Crippen MR) is 168 cm³/mol. The molecule has 244 valence electrons. The lowest BCUT2D eigenvalue weighted by Crippen LogP contribution is -2.54. The number of piperidine rings is 1. The maximum Gasteiger partial charge on any atom is 0.416 e. The lowest BCUT2D eigenvalue weighted by molar-refractivity contribution is -0.138. The van der Waals surface area contributed by atoms with E-state index in [4.69, 9.17) is 4.74 Å². The molecular weight excluding hydrogens is 598 g/mol. The van der Waals surface area contributed by atoms with Crippen molar-refractivity contribution >= 4 is 23.2 Å². The average Bonchev–Trinajstić information content (AvgIpc) is 3.50. The number of amides is 2. The number of ether oxygens (including phenoxy) is 1. The van der Waals surface area contributed by atoms with Gasteiger partial charge in [-0.05, 0) is 98.9 Å². The minimum absolute atomic E-state index is 0.00115. The molecule has 46 heavy (non-hydrogen) atoms. The number of nitrogens with zero attached hydrogens (tertiary/aromatic N) is 1. The second kappa shape index (κ2) is 13.1. The van der Waals surface area contributed by atoms with Gasteiger partial charge in [-0.25, -0.2) is 4.39 Å². The number of likely N-dealkylation sites (tertiary alicyclic amines) is 1. The minimum Gasteiger partial charge on any atom is -0.382 e. The van der Waals surface area contributed by atoms with Gasteiger partial charge in [0.1, 0.15) is 5.82 Å². The third kappa shape index (κ3) is 6.49. The summed E-state index contributed by atoms with van der Waals surface area (Å²) in [5.41, 5.74) is 1.36. The van der Waals surface area contributed by atoms with Crippen LogP contribution in [-0.4, -0.2) is 42.0 Å². The molecule has 3 aliphatic rings. The Morgan fingerprint density at radius 3 is 2.30 bits per heavy atom. The Bertz CT molecular complexity index is 1570. The van der Waals surface area contributed by atoms with Gasteiger partial charge in [-0.1, -0.05) is 36.8 Å². The van der Waals surface area contributed by atoms with E-state index in [0.717, 1.165) is 43.9 Å². The Labute approximate surface area is 266 Å². The van der Waals surface area contributed by atoms with Crippen LogP contribution in [0.3, 0.4) is 0 Å². The number of aryl methyl sites for hydroxylation is 2. The number of rotatable bonds is 6. The number of hydrogen-bond acceptors (Lipinski definition) is 4. The molecule has 0 radical (unpaired) electrons. The quantitative estimate of drug-likeness (QED) is 0.268. The summed E-state index contributed by atoms with van der Waals surface area (Å²) in [6.45, 7) is 4.45. The van der Waals surface area contributed by atoms with Gasteiger partial charge in [-0.15, -0.1) is 0 Å². The van der Waals surface area contributed by atoms with E-state index in [1.165, 1.54) is 25.1 Å². The van der Waals surface area contributed by atoms with E-state index in [9.17, 15) is 22.8 Å². The molecule has 3 unspecified atom stereocenters. The van der Waals surface area contributed by atoms with Crippen LogP contribution >= 0.6 is 0 Å². The summed E-state index contributed by atoms with van der Waals surface area (Å²) in [5, 5.41) is 6.27. The number of carbonyl (C=O) groups is 2. The first-order valence-corrected chi connectivity index (χ1v) is 16.0. The molecule has 1 aliphatic carbocycles. The van der Waals surface area contributed by atoms with Crippen molar-refractivity contribution in [1.29, 1.82) is 0 Å². The van der Waals surface area contributed by atoms with Crippen molar-refractivity contribution in [3.63, 3.8) is 0 Å². The van der Waals surface area contributed by atoms with E-state index in [1.54, 1.807) is 24.0 Å². The average molecular weight is 638 g/mol. The standard InChI is InChI=1S/C36H39F4N3O3/c1-21-9-12-27(20-29(21)36(38,39)40)42-34(44)28-19-24-6-4-8-31(24)43(35(45)32-22(2)5-3-7-30(32)37)33(28)23-10-13-25(14-11-23)41-26-15-17-46-18-16-26/h3,5,7,9-14,20,24,26,28,31,33,41H,4,6,8,15-19H2,1-2H3,(H,42,44)/t24?,28?,31?,33-/m0/s1. The van der Waals surface area contributed by atoms with E-state index >= 15 is 4.39 Å². The molecule has 2 N–H and O–H groups in total. The molecule has 10 heteroatoms. The molecule has 2 heterocycles. The summed E-state index contributed by atoms with van der Waals surface area (Å²) in [4.78, 5) is 30.2. The molecule has 3 fully saturated rings. The number of benzene rings is 3. The highest BCUT2D eigenvalue weighted by Crippen LogP contribution is 2.49. The van der Waals surface area contributed by atoms with E-state index in [-0.39, 0.29) is 34.8 Å². The number of nitrogens with one attached hydrogen (secondary N) is 2. The molecule has 1 saturated carbocycles. The van der Waals surface area contributed by atoms with E-state index in [0.29, 0.717) is 30.8 Å². The molecule has 0 aromatic heterocycles. The smallest absolute Gasteiger partial charge is 0.382 e. The monoisotopic (exact) mass is 637 g/mol. The molecule has 3 aromatic rings. The molecule has 6 nitrogen and oxygen atoms in total. The van der Waals surface area contributed by atoms with Crippen molar-refractivity contribution in [2.75, 3.05) is 23.8 Å². The predicted octanol–water partition coefficient (Wildman–Crippen LogP) is 8.06. The van der Waals surface area contributed by atoms with Crippen LogP contribution in [-0.2, 0) is 15.7 Å². The summed E-state index contributed by atoms with van der Waals surface area (Å²) in [6, 6.07) is 15.2. The van der Waals surface area contributed by atoms with Crippen LogP contribution in [0.15, 0.2) is 60.7 Å². The first-order chi connectivity index (χ1) is 22.0. The summed E-state index contributed by atoms with van der Waals surface area (Å²) < 4.78 is 61.8. The normalized spacial score (nSPS) is 23.6. The van der Waals surface area contributed by atoms with Crippen molar-refractivity contribution in [3.8, 4) is 0 Å². The summed E-state index contributed by atoms with van der Waals surface area (Å²) in [7, 11) is 0. The van der Waals surface area contributed by atoms with Crippen LogP contribution < -0.4 is 10.6 Å². The van der Waals surface area contributed by atoms with E-state index in [1.807, 2.05) is 24.3 Å². The fourth-order valence-electron chi connectivity index (χ4n) is 7.56. The van der Waals surface area contributed by atoms with Gasteiger partial charge in [0.05, 0.1) is 23.1 Å². The lowest BCUT2D eigenvalue weighted by Gasteiger charge is -2.48. The number of hydrogen-bond donors (Lipinski definition) is 2. The highest BCUT2D eigenvalue weighted by molar-refractivity contribution is 5.98. The number of carbonyl (C=O) groups excluding carboxylic acids is 2. The maximum absolute atomic E-state index is 15.3.